The predicted octanol–water partition coefficient (Wildman–Crippen LogP) is 2.04. The molecule has 92 valence electrons. The lowest BCUT2D eigenvalue weighted by Crippen LogP contribution is -2.27. The molecule has 1 atom stereocenters. The van der Waals surface area contributed by atoms with Crippen molar-refractivity contribution in [2.75, 3.05) is 6.61 Å². The van der Waals surface area contributed by atoms with E-state index >= 15 is 0 Å². The van der Waals surface area contributed by atoms with Gasteiger partial charge in [0.1, 0.15) is 10.8 Å². The molecular formula is C9H10Cl2F3NO. The van der Waals surface area contributed by atoms with Crippen LogP contribution in [0.5, 0.6) is 0 Å². The van der Waals surface area contributed by atoms with Crippen molar-refractivity contribution < 1.29 is 18.3 Å². The summed E-state index contributed by atoms with van der Waals surface area (Å²) in [5.41, 5.74) is 5.18. The summed E-state index contributed by atoms with van der Waals surface area (Å²) in [6.45, 7) is -0.379. The molecule has 1 rings (SSSR count). The summed E-state index contributed by atoms with van der Waals surface area (Å²) in [6, 6.07) is -0.0491. The third-order valence-electron chi connectivity index (χ3n) is 1.89. The summed E-state index contributed by atoms with van der Waals surface area (Å²) < 4.78 is 38.9. The van der Waals surface area contributed by atoms with E-state index < -0.39 is 28.5 Å². The van der Waals surface area contributed by atoms with Crippen molar-refractivity contribution in [3.63, 3.8) is 0 Å². The lowest BCUT2D eigenvalue weighted by molar-refractivity contribution is 0.264. The zero-order valence-corrected chi connectivity index (χ0v) is 9.59. The van der Waals surface area contributed by atoms with Crippen LogP contribution in [0.1, 0.15) is 5.56 Å². The highest BCUT2D eigenvalue weighted by Gasteiger charge is 2.18. The van der Waals surface area contributed by atoms with Crippen LogP contribution in [0.15, 0.2) is 6.07 Å². The molecule has 0 spiro atoms. The molecule has 0 radical (unpaired) electrons. The summed E-state index contributed by atoms with van der Waals surface area (Å²) in [5.74, 6) is -3.70. The van der Waals surface area contributed by atoms with Crippen LogP contribution in [0.3, 0.4) is 0 Å². The Morgan fingerprint density at radius 1 is 1.31 bits per heavy atom. The van der Waals surface area contributed by atoms with Crippen LogP contribution in [-0.2, 0) is 6.42 Å². The van der Waals surface area contributed by atoms with E-state index in [0.717, 1.165) is 0 Å². The Morgan fingerprint density at radius 2 is 1.88 bits per heavy atom. The Balaban J connectivity index is 0.00000225. The third-order valence-corrected chi connectivity index (χ3v) is 2.23. The fourth-order valence-electron chi connectivity index (χ4n) is 1.12. The molecule has 0 saturated heterocycles. The summed E-state index contributed by atoms with van der Waals surface area (Å²) in [5, 5.41) is 7.74. The van der Waals surface area contributed by atoms with Gasteiger partial charge in [-0.1, -0.05) is 11.6 Å². The van der Waals surface area contributed by atoms with Gasteiger partial charge in [0.2, 0.25) is 0 Å². The second-order valence-electron chi connectivity index (χ2n) is 3.11. The Kier molecular flexibility index (Phi) is 6.10. The molecule has 0 aliphatic carbocycles. The number of nitrogens with two attached hydrogens (primary N) is 1. The molecule has 1 unspecified atom stereocenters. The molecule has 0 heterocycles. The minimum atomic E-state index is -1.42. The third kappa shape index (κ3) is 3.25. The van der Waals surface area contributed by atoms with Gasteiger partial charge in [-0.15, -0.1) is 12.4 Å². The standard InChI is InChI=1S/C9H9ClF3NO.ClH/c10-7-8(12)4(1-5(14)3-15)2-6(11)9(7)13;/h2,5,15H,1,3,14H2;1H. The molecule has 3 N–H and O–H groups in total. The Morgan fingerprint density at radius 3 is 2.38 bits per heavy atom. The zero-order valence-electron chi connectivity index (χ0n) is 8.01. The van der Waals surface area contributed by atoms with Crippen LogP contribution in [0.2, 0.25) is 5.02 Å². The van der Waals surface area contributed by atoms with Crippen LogP contribution < -0.4 is 5.73 Å². The summed E-state index contributed by atoms with van der Waals surface area (Å²) in [4.78, 5) is 0. The fourth-order valence-corrected chi connectivity index (χ4v) is 1.33. The first kappa shape index (κ1) is 15.5. The topological polar surface area (TPSA) is 46.2 Å². The van der Waals surface area contributed by atoms with Gasteiger partial charge in [0.05, 0.1) is 6.61 Å². The molecule has 1 aromatic carbocycles. The van der Waals surface area contributed by atoms with Crippen LogP contribution in [0.25, 0.3) is 0 Å². The molecular weight excluding hydrogens is 266 g/mol. The maximum Gasteiger partial charge on any atom is 0.180 e. The summed E-state index contributed by atoms with van der Waals surface area (Å²) in [7, 11) is 0. The van der Waals surface area contributed by atoms with Crippen molar-refractivity contribution in [2.24, 2.45) is 5.73 Å². The first-order valence-electron chi connectivity index (χ1n) is 4.15. The summed E-state index contributed by atoms with van der Waals surface area (Å²) in [6.07, 6.45) is -0.112. The van der Waals surface area contributed by atoms with Gasteiger partial charge >= 0.3 is 0 Å². The van der Waals surface area contributed by atoms with Crippen molar-refractivity contribution in [2.45, 2.75) is 12.5 Å². The molecule has 0 fully saturated rings. The van der Waals surface area contributed by atoms with Gasteiger partial charge in [-0.3, -0.25) is 0 Å². The Bertz CT molecular complexity index is 376. The number of hydrogen-bond donors (Lipinski definition) is 2. The molecule has 0 aromatic heterocycles. The largest absolute Gasteiger partial charge is 0.395 e. The second kappa shape index (κ2) is 6.30. The number of aliphatic hydroxyl groups excluding tert-OH is 1. The normalized spacial score (nSPS) is 12.1. The van der Waals surface area contributed by atoms with Crippen LogP contribution in [0, 0.1) is 17.5 Å². The van der Waals surface area contributed by atoms with E-state index in [0.29, 0.717) is 6.07 Å². The first-order chi connectivity index (χ1) is 6.97. The van der Waals surface area contributed by atoms with E-state index in [1.54, 1.807) is 0 Å². The predicted molar refractivity (Wildman–Crippen MR) is 57.3 cm³/mol. The van der Waals surface area contributed by atoms with Gasteiger partial charge in [-0.05, 0) is 18.1 Å². The molecule has 0 aliphatic rings. The number of halogens is 5. The molecule has 16 heavy (non-hydrogen) atoms. The average Bonchev–Trinajstić information content (AvgIpc) is 2.22. The minimum absolute atomic E-state index is 0. The van der Waals surface area contributed by atoms with E-state index in [-0.39, 0.29) is 31.0 Å². The van der Waals surface area contributed by atoms with Crippen LogP contribution in [0.4, 0.5) is 13.2 Å². The fraction of sp³-hybridized carbons (Fsp3) is 0.333. The van der Waals surface area contributed by atoms with Crippen molar-refractivity contribution in [3.8, 4) is 0 Å². The smallest absolute Gasteiger partial charge is 0.180 e. The van der Waals surface area contributed by atoms with Gasteiger partial charge in [-0.25, -0.2) is 13.2 Å². The molecule has 7 heteroatoms. The van der Waals surface area contributed by atoms with Gasteiger partial charge in [0.15, 0.2) is 11.6 Å². The van der Waals surface area contributed by atoms with Gasteiger partial charge in [-0.2, -0.15) is 0 Å². The minimum Gasteiger partial charge on any atom is -0.395 e. The first-order valence-corrected chi connectivity index (χ1v) is 4.53. The maximum atomic E-state index is 13.3. The van der Waals surface area contributed by atoms with Crippen LogP contribution >= 0.6 is 24.0 Å². The van der Waals surface area contributed by atoms with Crippen molar-refractivity contribution in [1.82, 2.24) is 0 Å². The van der Waals surface area contributed by atoms with Crippen molar-refractivity contribution in [3.05, 3.63) is 34.1 Å². The van der Waals surface area contributed by atoms with E-state index in [1.807, 2.05) is 0 Å². The Hall–Kier alpha value is -0.490. The highest BCUT2D eigenvalue weighted by Crippen LogP contribution is 2.25. The maximum absolute atomic E-state index is 13.3. The van der Waals surface area contributed by atoms with Gasteiger partial charge < -0.3 is 10.8 Å². The van der Waals surface area contributed by atoms with E-state index in [4.69, 9.17) is 22.4 Å². The number of benzene rings is 1. The number of rotatable bonds is 3. The monoisotopic (exact) mass is 275 g/mol. The lowest BCUT2D eigenvalue weighted by atomic mass is 10.1. The average molecular weight is 276 g/mol. The molecule has 0 bridgehead atoms. The van der Waals surface area contributed by atoms with E-state index in [2.05, 4.69) is 0 Å². The molecule has 0 aliphatic heterocycles. The quantitative estimate of drug-likeness (QED) is 0.655. The highest BCUT2D eigenvalue weighted by molar-refractivity contribution is 6.31. The molecule has 1 aromatic rings. The Labute approximate surface area is 102 Å². The summed E-state index contributed by atoms with van der Waals surface area (Å²) >= 11 is 5.22. The highest BCUT2D eigenvalue weighted by atomic mass is 35.5. The van der Waals surface area contributed by atoms with Crippen molar-refractivity contribution >= 4 is 24.0 Å². The van der Waals surface area contributed by atoms with Crippen molar-refractivity contribution in [1.29, 1.82) is 0 Å². The second-order valence-corrected chi connectivity index (χ2v) is 3.48. The van der Waals surface area contributed by atoms with Gasteiger partial charge in [0.25, 0.3) is 0 Å². The number of aliphatic hydroxyl groups is 1. The number of hydrogen-bond acceptors (Lipinski definition) is 2. The van der Waals surface area contributed by atoms with Gasteiger partial charge in [0, 0.05) is 6.04 Å². The zero-order chi connectivity index (χ0) is 11.6. The molecule has 0 saturated carbocycles. The molecule has 0 amide bonds. The SMILES string of the molecule is Cl.NC(CO)Cc1cc(F)c(F)c(Cl)c1F. The van der Waals surface area contributed by atoms with E-state index in [1.165, 1.54) is 0 Å². The van der Waals surface area contributed by atoms with Crippen LogP contribution in [-0.4, -0.2) is 17.8 Å². The van der Waals surface area contributed by atoms with E-state index in [9.17, 15) is 13.2 Å². The lowest BCUT2D eigenvalue weighted by Gasteiger charge is -2.10. The molecule has 2 nitrogen and oxygen atoms in total.